The first-order valence-corrected chi connectivity index (χ1v) is 5.00. The second-order valence-electron chi connectivity index (χ2n) is 3.60. The summed E-state index contributed by atoms with van der Waals surface area (Å²) in [6, 6.07) is 14.4. The first kappa shape index (κ1) is 8.36. The number of fused-ring (bicyclic) bond motifs is 1. The molecule has 0 unspecified atom stereocenters. The molecule has 15 heavy (non-hydrogen) atoms. The van der Waals surface area contributed by atoms with E-state index in [0.29, 0.717) is 0 Å². The molecule has 0 saturated carbocycles. The van der Waals surface area contributed by atoms with Gasteiger partial charge >= 0.3 is 0 Å². The monoisotopic (exact) mass is 197 g/mol. The lowest BCUT2D eigenvalue weighted by molar-refractivity contribution is 0.616. The molecule has 0 atom stereocenters. The van der Waals surface area contributed by atoms with Crippen LogP contribution in [0.4, 0.5) is 0 Å². The average Bonchev–Trinajstić information content (AvgIpc) is 2.85. The van der Waals surface area contributed by atoms with Gasteiger partial charge in [-0.05, 0) is 11.6 Å². The lowest BCUT2D eigenvalue weighted by atomic mass is 10.2. The molecular formula is C13H11NO. The van der Waals surface area contributed by atoms with Crippen molar-refractivity contribution in [3.8, 4) is 0 Å². The summed E-state index contributed by atoms with van der Waals surface area (Å²) in [6.07, 6.45) is 3.79. The number of hydrogen-bond acceptors (Lipinski definition) is 1. The Kier molecular flexibility index (Phi) is 1.85. The van der Waals surface area contributed by atoms with Crippen molar-refractivity contribution >= 4 is 11.1 Å². The first-order valence-electron chi connectivity index (χ1n) is 5.00. The third-order valence-corrected chi connectivity index (χ3v) is 2.58. The molecule has 0 bridgehead atoms. The fourth-order valence-corrected chi connectivity index (χ4v) is 1.83. The summed E-state index contributed by atoms with van der Waals surface area (Å²) in [5.74, 6) is 0. The van der Waals surface area contributed by atoms with E-state index in [-0.39, 0.29) is 0 Å². The molecular weight excluding hydrogens is 186 g/mol. The van der Waals surface area contributed by atoms with Crippen LogP contribution in [-0.4, -0.2) is 4.57 Å². The van der Waals surface area contributed by atoms with Gasteiger partial charge in [0.2, 0.25) is 0 Å². The van der Waals surface area contributed by atoms with Gasteiger partial charge < -0.3 is 8.98 Å². The molecule has 3 aromatic rings. The highest BCUT2D eigenvalue weighted by Gasteiger charge is 2.02. The topological polar surface area (TPSA) is 18.1 Å². The third kappa shape index (κ3) is 1.44. The molecule has 0 fully saturated rings. The molecule has 0 radical (unpaired) electrons. The summed E-state index contributed by atoms with van der Waals surface area (Å²) in [5.41, 5.74) is 3.40. The van der Waals surface area contributed by atoms with Crippen molar-refractivity contribution < 1.29 is 4.42 Å². The van der Waals surface area contributed by atoms with Crippen LogP contribution in [-0.2, 0) is 6.54 Å². The van der Waals surface area contributed by atoms with Gasteiger partial charge in [-0.2, -0.15) is 0 Å². The van der Waals surface area contributed by atoms with Crippen LogP contribution in [0.15, 0.2) is 59.3 Å². The summed E-state index contributed by atoms with van der Waals surface area (Å²) in [6.45, 7) is 0.893. The van der Waals surface area contributed by atoms with Crippen molar-refractivity contribution in [1.82, 2.24) is 4.57 Å². The van der Waals surface area contributed by atoms with E-state index in [1.165, 1.54) is 5.56 Å². The normalized spacial score (nSPS) is 10.9. The van der Waals surface area contributed by atoms with Crippen molar-refractivity contribution in [2.75, 3.05) is 0 Å². The number of hydrogen-bond donors (Lipinski definition) is 0. The second kappa shape index (κ2) is 3.31. The standard InChI is InChI=1S/C13H11NO/c1-2-4-11(5-3-1)10-14-8-6-13-12(14)7-9-15-13/h1-9H,10H2. The molecule has 2 aromatic heterocycles. The van der Waals surface area contributed by atoms with Crippen LogP contribution in [0.5, 0.6) is 0 Å². The number of nitrogens with zero attached hydrogens (tertiary/aromatic N) is 1. The van der Waals surface area contributed by atoms with Crippen LogP contribution in [0, 0.1) is 0 Å². The maximum atomic E-state index is 5.32. The predicted octanol–water partition coefficient (Wildman–Crippen LogP) is 3.28. The summed E-state index contributed by atoms with van der Waals surface area (Å²) in [7, 11) is 0. The number of rotatable bonds is 2. The molecule has 0 N–H and O–H groups in total. The van der Waals surface area contributed by atoms with E-state index >= 15 is 0 Å². The van der Waals surface area contributed by atoms with Gasteiger partial charge in [0.05, 0.1) is 11.8 Å². The van der Waals surface area contributed by atoms with Gasteiger partial charge in [-0.25, -0.2) is 0 Å². The van der Waals surface area contributed by atoms with Crippen molar-refractivity contribution in [1.29, 1.82) is 0 Å². The molecule has 1 aromatic carbocycles. The van der Waals surface area contributed by atoms with E-state index in [1.54, 1.807) is 6.26 Å². The fraction of sp³-hybridized carbons (Fsp3) is 0.0769. The molecule has 0 amide bonds. The van der Waals surface area contributed by atoms with Crippen LogP contribution < -0.4 is 0 Å². The molecule has 2 heterocycles. The summed E-state index contributed by atoms with van der Waals surface area (Å²) in [4.78, 5) is 0. The van der Waals surface area contributed by atoms with Crippen molar-refractivity contribution in [2.24, 2.45) is 0 Å². The zero-order valence-corrected chi connectivity index (χ0v) is 8.26. The quantitative estimate of drug-likeness (QED) is 0.616. The van der Waals surface area contributed by atoms with Crippen LogP contribution in [0.1, 0.15) is 5.56 Å². The van der Waals surface area contributed by atoms with Crippen LogP contribution in [0.2, 0.25) is 0 Å². The van der Waals surface area contributed by atoms with Gasteiger partial charge in [0.1, 0.15) is 0 Å². The fourth-order valence-electron chi connectivity index (χ4n) is 1.83. The largest absolute Gasteiger partial charge is 0.463 e. The highest BCUT2D eigenvalue weighted by atomic mass is 16.3. The lowest BCUT2D eigenvalue weighted by Gasteiger charge is -2.03. The van der Waals surface area contributed by atoms with E-state index in [1.807, 2.05) is 18.2 Å². The van der Waals surface area contributed by atoms with Gasteiger partial charge in [0, 0.05) is 18.8 Å². The molecule has 0 aliphatic carbocycles. The van der Waals surface area contributed by atoms with Crippen LogP contribution >= 0.6 is 0 Å². The van der Waals surface area contributed by atoms with Gasteiger partial charge in [-0.1, -0.05) is 30.3 Å². The summed E-state index contributed by atoms with van der Waals surface area (Å²) >= 11 is 0. The van der Waals surface area contributed by atoms with Crippen molar-refractivity contribution in [3.63, 3.8) is 0 Å². The zero-order chi connectivity index (χ0) is 10.1. The van der Waals surface area contributed by atoms with Crippen LogP contribution in [0.25, 0.3) is 11.1 Å². The lowest BCUT2D eigenvalue weighted by Crippen LogP contribution is -1.96. The maximum Gasteiger partial charge on any atom is 0.151 e. The minimum atomic E-state index is 0.893. The molecule has 0 aliphatic heterocycles. The average molecular weight is 197 g/mol. The van der Waals surface area contributed by atoms with E-state index < -0.39 is 0 Å². The van der Waals surface area contributed by atoms with Crippen molar-refractivity contribution in [2.45, 2.75) is 6.54 Å². The molecule has 2 heteroatoms. The summed E-state index contributed by atoms with van der Waals surface area (Å²) in [5, 5.41) is 0. The summed E-state index contributed by atoms with van der Waals surface area (Å²) < 4.78 is 7.50. The molecule has 3 rings (SSSR count). The number of aromatic nitrogens is 1. The smallest absolute Gasteiger partial charge is 0.151 e. The Morgan fingerprint density at radius 3 is 2.73 bits per heavy atom. The van der Waals surface area contributed by atoms with Gasteiger partial charge in [-0.3, -0.25) is 0 Å². The molecule has 0 spiro atoms. The van der Waals surface area contributed by atoms with Crippen LogP contribution in [0.3, 0.4) is 0 Å². The Labute approximate surface area is 87.7 Å². The maximum absolute atomic E-state index is 5.32. The Balaban J connectivity index is 1.99. The minimum absolute atomic E-state index is 0.893. The molecule has 0 aliphatic rings. The predicted molar refractivity (Wildman–Crippen MR) is 59.7 cm³/mol. The Morgan fingerprint density at radius 2 is 1.87 bits per heavy atom. The minimum Gasteiger partial charge on any atom is -0.463 e. The first-order chi connectivity index (χ1) is 7.43. The Morgan fingerprint density at radius 1 is 1.00 bits per heavy atom. The highest BCUT2D eigenvalue weighted by Crippen LogP contribution is 2.17. The third-order valence-electron chi connectivity index (χ3n) is 2.58. The molecule has 2 nitrogen and oxygen atoms in total. The molecule has 0 saturated heterocycles. The highest BCUT2D eigenvalue weighted by molar-refractivity contribution is 5.73. The Hall–Kier alpha value is -1.96. The number of furan rings is 1. The van der Waals surface area contributed by atoms with Gasteiger partial charge in [0.15, 0.2) is 5.58 Å². The van der Waals surface area contributed by atoms with E-state index in [0.717, 1.165) is 17.6 Å². The SMILES string of the molecule is c1ccc(Cn2ccc3occc32)cc1. The van der Waals surface area contributed by atoms with Gasteiger partial charge in [-0.15, -0.1) is 0 Å². The van der Waals surface area contributed by atoms with Crippen molar-refractivity contribution in [3.05, 3.63) is 60.5 Å². The van der Waals surface area contributed by atoms with E-state index in [2.05, 4.69) is 35.0 Å². The second-order valence-corrected chi connectivity index (χ2v) is 3.60. The number of benzene rings is 1. The molecule has 74 valence electrons. The zero-order valence-electron chi connectivity index (χ0n) is 8.26. The van der Waals surface area contributed by atoms with E-state index in [9.17, 15) is 0 Å². The van der Waals surface area contributed by atoms with Gasteiger partial charge in [0.25, 0.3) is 0 Å². The Bertz CT molecular complexity index is 562. The van der Waals surface area contributed by atoms with E-state index in [4.69, 9.17) is 4.42 Å².